The van der Waals surface area contributed by atoms with E-state index in [9.17, 15) is 4.79 Å². The highest BCUT2D eigenvalue weighted by atomic mass is 16.5. The highest BCUT2D eigenvalue weighted by molar-refractivity contribution is 6.01. The zero-order valence-corrected chi connectivity index (χ0v) is 13.9. The molecule has 1 atom stereocenters. The van der Waals surface area contributed by atoms with Gasteiger partial charge < -0.3 is 15.0 Å². The number of hydrogen-bond acceptors (Lipinski definition) is 3. The summed E-state index contributed by atoms with van der Waals surface area (Å²) in [6.07, 6.45) is 2.42. The van der Waals surface area contributed by atoms with E-state index in [1.807, 2.05) is 53.4 Å². The average Bonchev–Trinajstić information content (AvgIpc) is 2.62. The van der Waals surface area contributed by atoms with Crippen LogP contribution in [0.3, 0.4) is 0 Å². The molecule has 0 fully saturated rings. The number of ether oxygens (including phenoxy) is 1. The minimum atomic E-state index is -0.195. The molecule has 0 bridgehead atoms. The molecule has 1 unspecified atom stereocenters. The Morgan fingerprint density at radius 3 is 2.88 bits per heavy atom. The second-order valence-electron chi connectivity index (χ2n) is 5.76. The number of fused-ring (bicyclic) bond motifs is 1. The monoisotopic (exact) mass is 322 g/mol. The summed E-state index contributed by atoms with van der Waals surface area (Å²) in [5, 5.41) is 3.49. The lowest BCUT2D eigenvalue weighted by molar-refractivity contribution is 0.0683. The lowest BCUT2D eigenvalue weighted by Crippen LogP contribution is -2.43. The Morgan fingerprint density at radius 2 is 2.08 bits per heavy atom. The van der Waals surface area contributed by atoms with Crippen molar-refractivity contribution in [3.63, 3.8) is 0 Å². The van der Waals surface area contributed by atoms with Gasteiger partial charge in [-0.2, -0.15) is 0 Å². The highest BCUT2D eigenvalue weighted by Gasteiger charge is 2.32. The molecule has 1 heterocycles. The van der Waals surface area contributed by atoms with Gasteiger partial charge in [0.1, 0.15) is 18.5 Å². The fraction of sp³-hybridized carbons (Fsp3) is 0.250. The second kappa shape index (κ2) is 7.21. The third-order valence-electron chi connectivity index (χ3n) is 4.03. The summed E-state index contributed by atoms with van der Waals surface area (Å²) >= 11 is 0. The molecule has 3 rings (SSSR count). The van der Waals surface area contributed by atoms with Crippen LogP contribution in [0, 0.1) is 0 Å². The maximum atomic E-state index is 12.9. The Labute approximate surface area is 142 Å². The average molecular weight is 322 g/mol. The molecule has 0 aliphatic carbocycles. The Kier molecular flexibility index (Phi) is 4.85. The van der Waals surface area contributed by atoms with E-state index in [1.54, 1.807) is 6.08 Å². The van der Waals surface area contributed by atoms with Crippen molar-refractivity contribution in [3.8, 4) is 5.75 Å². The van der Waals surface area contributed by atoms with Crippen molar-refractivity contribution in [3.05, 3.63) is 72.3 Å². The third kappa shape index (κ3) is 3.13. The Morgan fingerprint density at radius 1 is 1.25 bits per heavy atom. The van der Waals surface area contributed by atoms with Crippen molar-refractivity contribution < 1.29 is 9.53 Å². The molecule has 2 aromatic carbocycles. The minimum Gasteiger partial charge on any atom is -0.490 e. The Balaban J connectivity index is 1.96. The van der Waals surface area contributed by atoms with Gasteiger partial charge in [0, 0.05) is 12.2 Å². The van der Waals surface area contributed by atoms with Gasteiger partial charge in [-0.3, -0.25) is 4.79 Å². The first-order valence-corrected chi connectivity index (χ1v) is 8.24. The van der Waals surface area contributed by atoms with Crippen LogP contribution < -0.4 is 10.1 Å². The van der Waals surface area contributed by atoms with Crippen LogP contribution in [0.25, 0.3) is 0 Å². The number of nitrogens with one attached hydrogen (secondary N) is 1. The van der Waals surface area contributed by atoms with Gasteiger partial charge in [-0.1, -0.05) is 43.8 Å². The zero-order chi connectivity index (χ0) is 16.9. The standard InChI is InChI=1S/C20H22N2O2/c1-3-12-22-19(15-8-7-9-16(14-15)24-13-4-2)21-18-11-6-5-10-17(18)20(22)23/h4-11,14,19,21H,2-3,12-13H2,1H3. The molecule has 4 nitrogen and oxygen atoms in total. The van der Waals surface area contributed by atoms with Gasteiger partial charge in [0.15, 0.2) is 0 Å². The molecule has 24 heavy (non-hydrogen) atoms. The predicted octanol–water partition coefficient (Wildman–Crippen LogP) is 4.23. The lowest BCUT2D eigenvalue weighted by atomic mass is 10.0. The summed E-state index contributed by atoms with van der Waals surface area (Å²) in [6.45, 7) is 6.90. The number of carbonyl (C=O) groups is 1. The molecule has 0 aromatic heterocycles. The number of anilines is 1. The fourth-order valence-electron chi connectivity index (χ4n) is 2.96. The third-order valence-corrected chi connectivity index (χ3v) is 4.03. The van der Waals surface area contributed by atoms with Crippen LogP contribution in [0.15, 0.2) is 61.2 Å². The van der Waals surface area contributed by atoms with E-state index in [1.165, 1.54) is 0 Å². The van der Waals surface area contributed by atoms with E-state index in [0.29, 0.717) is 13.2 Å². The first kappa shape index (κ1) is 16.1. The van der Waals surface area contributed by atoms with Crippen molar-refractivity contribution in [2.75, 3.05) is 18.5 Å². The van der Waals surface area contributed by atoms with Gasteiger partial charge in [0.2, 0.25) is 0 Å². The highest BCUT2D eigenvalue weighted by Crippen LogP contribution is 2.34. The van der Waals surface area contributed by atoms with Crippen LogP contribution >= 0.6 is 0 Å². The maximum absolute atomic E-state index is 12.9. The molecule has 124 valence electrons. The van der Waals surface area contributed by atoms with Crippen LogP contribution in [-0.2, 0) is 0 Å². The van der Waals surface area contributed by atoms with E-state index < -0.39 is 0 Å². The quantitative estimate of drug-likeness (QED) is 0.809. The molecule has 1 aliphatic rings. The number of para-hydroxylation sites is 1. The smallest absolute Gasteiger partial charge is 0.257 e. The van der Waals surface area contributed by atoms with Gasteiger partial charge >= 0.3 is 0 Å². The normalized spacial score (nSPS) is 16.3. The van der Waals surface area contributed by atoms with E-state index in [-0.39, 0.29) is 12.1 Å². The van der Waals surface area contributed by atoms with Gasteiger partial charge in [-0.05, 0) is 36.2 Å². The number of nitrogens with zero attached hydrogens (tertiary/aromatic N) is 1. The van der Waals surface area contributed by atoms with Gasteiger partial charge in [-0.15, -0.1) is 0 Å². The van der Waals surface area contributed by atoms with Crippen LogP contribution in [0.1, 0.15) is 35.4 Å². The SMILES string of the molecule is C=CCOc1cccc(C2Nc3ccccc3C(=O)N2CCC)c1. The van der Waals surface area contributed by atoms with E-state index in [4.69, 9.17) is 4.74 Å². The van der Waals surface area contributed by atoms with E-state index in [2.05, 4.69) is 18.8 Å². The summed E-state index contributed by atoms with van der Waals surface area (Å²) in [4.78, 5) is 14.8. The van der Waals surface area contributed by atoms with Gasteiger partial charge in [-0.25, -0.2) is 0 Å². The fourth-order valence-corrected chi connectivity index (χ4v) is 2.96. The van der Waals surface area contributed by atoms with Crippen molar-refractivity contribution in [1.29, 1.82) is 0 Å². The van der Waals surface area contributed by atoms with Gasteiger partial charge in [0.05, 0.1) is 5.56 Å². The molecule has 4 heteroatoms. The molecule has 0 radical (unpaired) electrons. The topological polar surface area (TPSA) is 41.6 Å². The number of rotatable bonds is 6. The van der Waals surface area contributed by atoms with Crippen molar-refractivity contribution in [1.82, 2.24) is 4.90 Å². The predicted molar refractivity (Wildman–Crippen MR) is 96.3 cm³/mol. The van der Waals surface area contributed by atoms with Crippen LogP contribution in [-0.4, -0.2) is 24.0 Å². The molecule has 2 aromatic rings. The molecule has 0 saturated heterocycles. The summed E-state index contributed by atoms with van der Waals surface area (Å²) in [7, 11) is 0. The number of amides is 1. The Hall–Kier alpha value is -2.75. The van der Waals surface area contributed by atoms with Crippen molar-refractivity contribution in [2.45, 2.75) is 19.5 Å². The molecular weight excluding hydrogens is 300 g/mol. The molecule has 1 amide bonds. The van der Waals surface area contributed by atoms with Crippen molar-refractivity contribution in [2.24, 2.45) is 0 Å². The lowest BCUT2D eigenvalue weighted by Gasteiger charge is -2.38. The molecular formula is C20H22N2O2. The van der Waals surface area contributed by atoms with E-state index >= 15 is 0 Å². The molecule has 0 spiro atoms. The van der Waals surface area contributed by atoms with E-state index in [0.717, 1.165) is 29.0 Å². The number of hydrogen-bond donors (Lipinski definition) is 1. The minimum absolute atomic E-state index is 0.0635. The first-order chi connectivity index (χ1) is 11.7. The summed E-state index contributed by atoms with van der Waals surface area (Å²) in [5.74, 6) is 0.838. The van der Waals surface area contributed by atoms with Crippen LogP contribution in [0.2, 0.25) is 0 Å². The van der Waals surface area contributed by atoms with Crippen LogP contribution in [0.4, 0.5) is 5.69 Å². The maximum Gasteiger partial charge on any atom is 0.257 e. The van der Waals surface area contributed by atoms with Crippen molar-refractivity contribution >= 4 is 11.6 Å². The number of carbonyl (C=O) groups excluding carboxylic acids is 1. The largest absolute Gasteiger partial charge is 0.490 e. The number of benzene rings is 2. The molecule has 1 N–H and O–H groups in total. The molecule has 0 saturated carbocycles. The first-order valence-electron chi connectivity index (χ1n) is 8.24. The summed E-state index contributed by atoms with van der Waals surface area (Å²) < 4.78 is 5.63. The summed E-state index contributed by atoms with van der Waals surface area (Å²) in [5.41, 5.74) is 2.60. The molecule has 1 aliphatic heterocycles. The Bertz CT molecular complexity index is 742. The van der Waals surface area contributed by atoms with Gasteiger partial charge in [0.25, 0.3) is 5.91 Å². The zero-order valence-electron chi connectivity index (χ0n) is 13.9. The summed E-state index contributed by atoms with van der Waals surface area (Å²) in [6, 6.07) is 15.5. The second-order valence-corrected chi connectivity index (χ2v) is 5.76. The van der Waals surface area contributed by atoms with Crippen LogP contribution in [0.5, 0.6) is 5.75 Å².